The molecule has 0 bridgehead atoms. The normalized spacial score (nSPS) is 10.7. The van der Waals surface area contributed by atoms with E-state index in [1.54, 1.807) is 0 Å². The van der Waals surface area contributed by atoms with Crippen molar-refractivity contribution < 1.29 is 15.0 Å². The number of hydrogen-bond acceptors (Lipinski definition) is 3. The van der Waals surface area contributed by atoms with Gasteiger partial charge < -0.3 is 10.2 Å². The van der Waals surface area contributed by atoms with Crippen LogP contribution >= 0.6 is 11.3 Å². The molecule has 78 valence electrons. The van der Waals surface area contributed by atoms with Gasteiger partial charge >= 0.3 is 5.97 Å². The third kappa shape index (κ3) is 1.73. The second-order valence-electron chi connectivity index (χ2n) is 3.18. The second kappa shape index (κ2) is 4.00. The Labute approximate surface area is 90.6 Å². The van der Waals surface area contributed by atoms with E-state index in [0.717, 1.165) is 15.6 Å². The fraction of sp³-hybridized carbons (Fsp3) is 0.182. The lowest BCUT2D eigenvalue weighted by Gasteiger charge is -1.97. The van der Waals surface area contributed by atoms with Gasteiger partial charge in [-0.3, -0.25) is 0 Å². The Bertz CT molecular complexity index is 502. The predicted octanol–water partition coefficient (Wildman–Crippen LogP) is 2.13. The van der Waals surface area contributed by atoms with Crippen molar-refractivity contribution in [3.8, 4) is 0 Å². The van der Waals surface area contributed by atoms with Crippen molar-refractivity contribution in [2.45, 2.75) is 6.42 Å². The lowest BCUT2D eigenvalue weighted by molar-refractivity contribution is 0.0701. The number of benzene rings is 1. The van der Waals surface area contributed by atoms with Gasteiger partial charge in [0.25, 0.3) is 0 Å². The maximum atomic E-state index is 11.0. The van der Waals surface area contributed by atoms with Gasteiger partial charge in [-0.05, 0) is 23.4 Å². The van der Waals surface area contributed by atoms with Crippen LogP contribution in [0.15, 0.2) is 24.3 Å². The van der Waals surface area contributed by atoms with Crippen molar-refractivity contribution in [3.05, 3.63) is 34.7 Å². The van der Waals surface area contributed by atoms with E-state index in [-0.39, 0.29) is 6.61 Å². The highest BCUT2D eigenvalue weighted by molar-refractivity contribution is 7.21. The summed E-state index contributed by atoms with van der Waals surface area (Å²) >= 11 is 1.26. The third-order valence-corrected chi connectivity index (χ3v) is 3.46. The molecular weight excluding hydrogens is 212 g/mol. The summed E-state index contributed by atoms with van der Waals surface area (Å²) in [5, 5.41) is 18.9. The number of carboxylic acid groups (broad SMARTS) is 1. The molecule has 0 radical (unpaired) electrons. The lowest BCUT2D eigenvalue weighted by Crippen LogP contribution is -1.99. The molecule has 0 fully saturated rings. The average Bonchev–Trinajstić information content (AvgIpc) is 2.58. The van der Waals surface area contributed by atoms with Crippen molar-refractivity contribution in [2.24, 2.45) is 0 Å². The minimum atomic E-state index is -0.917. The molecule has 3 nitrogen and oxygen atoms in total. The minimum Gasteiger partial charge on any atom is -0.477 e. The van der Waals surface area contributed by atoms with Crippen LogP contribution in [0.1, 0.15) is 15.2 Å². The van der Waals surface area contributed by atoms with E-state index < -0.39 is 5.97 Å². The van der Waals surface area contributed by atoms with Crippen LogP contribution in [0.4, 0.5) is 0 Å². The van der Waals surface area contributed by atoms with Crippen LogP contribution in [-0.4, -0.2) is 22.8 Å². The molecule has 2 rings (SSSR count). The van der Waals surface area contributed by atoms with Gasteiger partial charge in [0.05, 0.1) is 0 Å². The van der Waals surface area contributed by atoms with Crippen LogP contribution in [-0.2, 0) is 6.42 Å². The summed E-state index contributed by atoms with van der Waals surface area (Å²) in [5.74, 6) is -0.917. The number of rotatable bonds is 3. The van der Waals surface area contributed by atoms with Crippen molar-refractivity contribution in [2.75, 3.05) is 6.61 Å². The predicted molar refractivity (Wildman–Crippen MR) is 59.6 cm³/mol. The van der Waals surface area contributed by atoms with Crippen molar-refractivity contribution in [1.82, 2.24) is 0 Å². The lowest BCUT2D eigenvalue weighted by atomic mass is 10.1. The number of thiophene rings is 1. The Morgan fingerprint density at radius 2 is 2.07 bits per heavy atom. The Morgan fingerprint density at radius 1 is 1.33 bits per heavy atom. The van der Waals surface area contributed by atoms with Gasteiger partial charge in [-0.25, -0.2) is 4.79 Å². The minimum absolute atomic E-state index is 0.0268. The quantitative estimate of drug-likeness (QED) is 0.836. The van der Waals surface area contributed by atoms with Crippen LogP contribution in [0.5, 0.6) is 0 Å². The molecule has 15 heavy (non-hydrogen) atoms. The highest BCUT2D eigenvalue weighted by Crippen LogP contribution is 2.31. The first-order valence-corrected chi connectivity index (χ1v) is 5.40. The topological polar surface area (TPSA) is 57.5 Å². The number of aliphatic hydroxyl groups is 1. The van der Waals surface area contributed by atoms with Gasteiger partial charge in [-0.2, -0.15) is 0 Å². The highest BCUT2D eigenvalue weighted by Gasteiger charge is 2.16. The van der Waals surface area contributed by atoms with E-state index in [1.165, 1.54) is 11.3 Å². The molecule has 2 N–H and O–H groups in total. The zero-order valence-electron chi connectivity index (χ0n) is 7.93. The summed E-state index contributed by atoms with van der Waals surface area (Å²) in [7, 11) is 0. The maximum absolute atomic E-state index is 11.0. The fourth-order valence-corrected chi connectivity index (χ4v) is 2.72. The Hall–Kier alpha value is -1.39. The van der Waals surface area contributed by atoms with Crippen LogP contribution < -0.4 is 0 Å². The summed E-state index contributed by atoms with van der Waals surface area (Å²) in [6.07, 6.45) is 0.394. The average molecular weight is 222 g/mol. The molecule has 0 saturated carbocycles. The van der Waals surface area contributed by atoms with Crippen molar-refractivity contribution in [1.29, 1.82) is 0 Å². The fourth-order valence-electron chi connectivity index (χ4n) is 1.63. The molecule has 0 aliphatic rings. The van der Waals surface area contributed by atoms with E-state index in [2.05, 4.69) is 0 Å². The molecule has 0 atom stereocenters. The number of aliphatic hydroxyl groups excluding tert-OH is 1. The SMILES string of the molecule is O=C(O)c1sc2ccccc2c1CCO. The molecule has 0 saturated heterocycles. The van der Waals surface area contributed by atoms with Gasteiger partial charge in [0.2, 0.25) is 0 Å². The summed E-state index contributed by atoms with van der Waals surface area (Å²) in [6, 6.07) is 7.55. The Morgan fingerprint density at radius 3 is 2.73 bits per heavy atom. The molecule has 0 aliphatic carbocycles. The van der Waals surface area contributed by atoms with E-state index >= 15 is 0 Å². The Balaban J connectivity index is 2.68. The van der Waals surface area contributed by atoms with Gasteiger partial charge in [0, 0.05) is 11.3 Å². The van der Waals surface area contributed by atoms with E-state index in [0.29, 0.717) is 11.3 Å². The largest absolute Gasteiger partial charge is 0.477 e. The number of hydrogen-bond donors (Lipinski definition) is 2. The number of carbonyl (C=O) groups is 1. The summed E-state index contributed by atoms with van der Waals surface area (Å²) in [4.78, 5) is 11.3. The van der Waals surface area contributed by atoms with E-state index in [9.17, 15) is 4.79 Å². The monoisotopic (exact) mass is 222 g/mol. The zero-order chi connectivity index (χ0) is 10.8. The molecule has 1 aromatic carbocycles. The molecule has 0 aliphatic heterocycles. The maximum Gasteiger partial charge on any atom is 0.346 e. The molecule has 1 heterocycles. The summed E-state index contributed by atoms with van der Waals surface area (Å²) < 4.78 is 0.957. The van der Waals surface area contributed by atoms with Crippen molar-refractivity contribution >= 4 is 27.4 Å². The van der Waals surface area contributed by atoms with Gasteiger partial charge in [0.15, 0.2) is 0 Å². The molecule has 0 spiro atoms. The van der Waals surface area contributed by atoms with Crippen LogP contribution in [0.2, 0.25) is 0 Å². The first-order chi connectivity index (χ1) is 7.24. The van der Waals surface area contributed by atoms with E-state index in [4.69, 9.17) is 10.2 Å². The number of fused-ring (bicyclic) bond motifs is 1. The molecule has 2 aromatic rings. The Kier molecular flexibility index (Phi) is 2.70. The summed E-state index contributed by atoms with van der Waals surface area (Å²) in [6.45, 7) is -0.0268. The summed E-state index contributed by atoms with van der Waals surface area (Å²) in [5.41, 5.74) is 0.741. The number of carboxylic acids is 1. The standard InChI is InChI=1S/C11H10O3S/c12-6-5-8-7-3-1-2-4-9(7)15-10(8)11(13)14/h1-4,12H,5-6H2,(H,13,14). The molecule has 4 heteroatoms. The number of aromatic carboxylic acids is 1. The third-order valence-electron chi connectivity index (χ3n) is 2.25. The zero-order valence-corrected chi connectivity index (χ0v) is 8.75. The van der Waals surface area contributed by atoms with Gasteiger partial charge in [-0.1, -0.05) is 18.2 Å². The van der Waals surface area contributed by atoms with E-state index in [1.807, 2.05) is 24.3 Å². The molecule has 0 unspecified atom stereocenters. The highest BCUT2D eigenvalue weighted by atomic mass is 32.1. The van der Waals surface area contributed by atoms with Crippen LogP contribution in [0.3, 0.4) is 0 Å². The molecular formula is C11H10O3S. The smallest absolute Gasteiger partial charge is 0.346 e. The van der Waals surface area contributed by atoms with Crippen molar-refractivity contribution in [3.63, 3.8) is 0 Å². The van der Waals surface area contributed by atoms with Gasteiger partial charge in [0.1, 0.15) is 4.88 Å². The second-order valence-corrected chi connectivity index (χ2v) is 4.24. The first kappa shape index (κ1) is 10.1. The molecule has 0 amide bonds. The first-order valence-electron chi connectivity index (χ1n) is 4.58. The molecule has 1 aromatic heterocycles. The van der Waals surface area contributed by atoms with Crippen LogP contribution in [0.25, 0.3) is 10.1 Å². The van der Waals surface area contributed by atoms with Gasteiger partial charge in [-0.15, -0.1) is 11.3 Å². The van der Waals surface area contributed by atoms with Crippen LogP contribution in [0, 0.1) is 0 Å².